The predicted octanol–water partition coefficient (Wildman–Crippen LogP) is 3.02. The molecule has 0 unspecified atom stereocenters. The molecule has 0 aliphatic carbocycles. The summed E-state index contributed by atoms with van der Waals surface area (Å²) in [5.74, 6) is 0.331. The standard InChI is InChI=1S/C12H15FO2/c1-8-5-6-10(12(2,3)13)11(15-4)9(8)7-14/h5-7H,1-4H3. The molecule has 0 saturated carbocycles. The van der Waals surface area contributed by atoms with Crippen LogP contribution in [0.25, 0.3) is 0 Å². The molecule has 0 bridgehead atoms. The van der Waals surface area contributed by atoms with Crippen molar-refractivity contribution in [2.75, 3.05) is 7.11 Å². The van der Waals surface area contributed by atoms with Crippen molar-refractivity contribution in [1.82, 2.24) is 0 Å². The number of benzene rings is 1. The summed E-state index contributed by atoms with van der Waals surface area (Å²) in [6, 6.07) is 3.38. The normalized spacial score (nSPS) is 11.3. The third-order valence-electron chi connectivity index (χ3n) is 2.38. The van der Waals surface area contributed by atoms with E-state index >= 15 is 0 Å². The fraction of sp³-hybridized carbons (Fsp3) is 0.417. The molecule has 0 saturated heterocycles. The van der Waals surface area contributed by atoms with Crippen molar-refractivity contribution in [3.63, 3.8) is 0 Å². The van der Waals surface area contributed by atoms with Gasteiger partial charge in [0.05, 0.1) is 12.7 Å². The summed E-state index contributed by atoms with van der Waals surface area (Å²) in [7, 11) is 1.44. The minimum absolute atomic E-state index is 0.331. The van der Waals surface area contributed by atoms with E-state index in [9.17, 15) is 9.18 Å². The molecule has 0 atom stereocenters. The average molecular weight is 210 g/mol. The summed E-state index contributed by atoms with van der Waals surface area (Å²) in [5, 5.41) is 0. The lowest BCUT2D eigenvalue weighted by molar-refractivity contribution is 0.111. The second kappa shape index (κ2) is 4.01. The molecular weight excluding hydrogens is 195 g/mol. The van der Waals surface area contributed by atoms with Crippen molar-refractivity contribution in [2.45, 2.75) is 26.4 Å². The zero-order chi connectivity index (χ0) is 11.6. The molecule has 0 aromatic heterocycles. The number of halogens is 1. The van der Waals surface area contributed by atoms with E-state index in [0.29, 0.717) is 23.2 Å². The number of methoxy groups -OCH3 is 1. The first-order chi connectivity index (χ1) is 6.91. The Kier molecular flexibility index (Phi) is 3.12. The van der Waals surface area contributed by atoms with Crippen LogP contribution in [0.2, 0.25) is 0 Å². The molecule has 0 spiro atoms. The molecule has 1 rings (SSSR count). The lowest BCUT2D eigenvalue weighted by atomic mass is 9.94. The van der Waals surface area contributed by atoms with Gasteiger partial charge in [0.2, 0.25) is 0 Å². The molecule has 1 aromatic carbocycles. The SMILES string of the molecule is COc1c(C(C)(C)F)ccc(C)c1C=O. The lowest BCUT2D eigenvalue weighted by Crippen LogP contribution is -2.12. The fourth-order valence-corrected chi connectivity index (χ4v) is 1.53. The number of hydrogen-bond donors (Lipinski definition) is 0. The third kappa shape index (κ3) is 2.17. The van der Waals surface area contributed by atoms with Crippen LogP contribution in [0.3, 0.4) is 0 Å². The minimum atomic E-state index is -1.52. The van der Waals surface area contributed by atoms with Crippen LogP contribution in [0.1, 0.15) is 35.3 Å². The summed E-state index contributed by atoms with van der Waals surface area (Å²) in [4.78, 5) is 10.9. The fourth-order valence-electron chi connectivity index (χ4n) is 1.53. The van der Waals surface area contributed by atoms with Crippen molar-refractivity contribution in [3.05, 3.63) is 28.8 Å². The molecule has 0 fully saturated rings. The second-order valence-corrected chi connectivity index (χ2v) is 3.97. The molecule has 1 aromatic rings. The highest BCUT2D eigenvalue weighted by Crippen LogP contribution is 2.35. The van der Waals surface area contributed by atoms with E-state index in [1.165, 1.54) is 21.0 Å². The first-order valence-corrected chi connectivity index (χ1v) is 4.74. The molecule has 0 aliphatic heterocycles. The molecule has 0 amide bonds. The maximum absolute atomic E-state index is 13.8. The Hall–Kier alpha value is -1.38. The Morgan fingerprint density at radius 2 is 2.00 bits per heavy atom. The van der Waals surface area contributed by atoms with Crippen molar-refractivity contribution in [3.8, 4) is 5.75 Å². The summed E-state index contributed by atoms with van der Waals surface area (Å²) < 4.78 is 18.9. The van der Waals surface area contributed by atoms with Crippen LogP contribution in [-0.4, -0.2) is 13.4 Å². The van der Waals surface area contributed by atoms with Crippen molar-refractivity contribution in [2.24, 2.45) is 0 Å². The van der Waals surface area contributed by atoms with Crippen LogP contribution in [0.5, 0.6) is 5.75 Å². The van der Waals surface area contributed by atoms with Gasteiger partial charge in [0.25, 0.3) is 0 Å². The van der Waals surface area contributed by atoms with E-state index in [1.54, 1.807) is 19.1 Å². The Morgan fingerprint density at radius 3 is 2.40 bits per heavy atom. The highest BCUT2D eigenvalue weighted by atomic mass is 19.1. The Balaban J connectivity index is 3.49. The largest absolute Gasteiger partial charge is 0.496 e. The van der Waals surface area contributed by atoms with Gasteiger partial charge in [0.1, 0.15) is 11.4 Å². The monoisotopic (exact) mass is 210 g/mol. The van der Waals surface area contributed by atoms with Gasteiger partial charge in [0.15, 0.2) is 6.29 Å². The van der Waals surface area contributed by atoms with Gasteiger partial charge in [-0.3, -0.25) is 4.79 Å². The molecular formula is C12H15FO2. The smallest absolute Gasteiger partial charge is 0.154 e. The van der Waals surface area contributed by atoms with Gasteiger partial charge in [-0.15, -0.1) is 0 Å². The van der Waals surface area contributed by atoms with Gasteiger partial charge in [-0.05, 0) is 26.3 Å². The Morgan fingerprint density at radius 1 is 1.40 bits per heavy atom. The van der Waals surface area contributed by atoms with Gasteiger partial charge >= 0.3 is 0 Å². The summed E-state index contributed by atoms with van der Waals surface area (Å²) in [6.45, 7) is 4.67. The number of alkyl halides is 1. The Labute approximate surface area is 89.1 Å². The molecule has 0 N–H and O–H groups in total. The molecule has 15 heavy (non-hydrogen) atoms. The van der Waals surface area contributed by atoms with Crippen LogP contribution in [-0.2, 0) is 5.67 Å². The first kappa shape index (κ1) is 11.7. The maximum Gasteiger partial charge on any atom is 0.154 e. The molecule has 0 heterocycles. The highest BCUT2D eigenvalue weighted by Gasteiger charge is 2.25. The number of carbonyl (C=O) groups excluding carboxylic acids is 1. The van der Waals surface area contributed by atoms with Crippen LogP contribution in [0, 0.1) is 6.92 Å². The van der Waals surface area contributed by atoms with Gasteiger partial charge in [0, 0.05) is 5.56 Å². The van der Waals surface area contributed by atoms with E-state index < -0.39 is 5.67 Å². The number of aryl methyl sites for hydroxylation is 1. The zero-order valence-electron chi connectivity index (χ0n) is 9.43. The van der Waals surface area contributed by atoms with E-state index in [1.807, 2.05) is 0 Å². The highest BCUT2D eigenvalue weighted by molar-refractivity contribution is 5.82. The van der Waals surface area contributed by atoms with Crippen molar-refractivity contribution in [1.29, 1.82) is 0 Å². The van der Waals surface area contributed by atoms with Gasteiger partial charge in [-0.2, -0.15) is 0 Å². The topological polar surface area (TPSA) is 26.3 Å². The number of aldehydes is 1. The predicted molar refractivity (Wildman–Crippen MR) is 57.3 cm³/mol. The van der Waals surface area contributed by atoms with Gasteiger partial charge in [-0.25, -0.2) is 4.39 Å². The number of ether oxygens (including phenoxy) is 1. The maximum atomic E-state index is 13.8. The number of rotatable bonds is 3. The molecule has 0 aliphatic rings. The quantitative estimate of drug-likeness (QED) is 0.717. The zero-order valence-corrected chi connectivity index (χ0v) is 9.43. The molecule has 82 valence electrons. The van der Waals surface area contributed by atoms with E-state index in [2.05, 4.69) is 0 Å². The first-order valence-electron chi connectivity index (χ1n) is 4.74. The van der Waals surface area contributed by atoms with Gasteiger partial charge in [-0.1, -0.05) is 12.1 Å². The lowest BCUT2D eigenvalue weighted by Gasteiger charge is -2.20. The van der Waals surface area contributed by atoms with Crippen molar-refractivity contribution < 1.29 is 13.9 Å². The Bertz CT molecular complexity index is 378. The number of carbonyl (C=O) groups is 1. The third-order valence-corrected chi connectivity index (χ3v) is 2.38. The molecule has 2 nitrogen and oxygen atoms in total. The second-order valence-electron chi connectivity index (χ2n) is 3.97. The van der Waals surface area contributed by atoms with Gasteiger partial charge < -0.3 is 4.74 Å². The van der Waals surface area contributed by atoms with Crippen LogP contribution >= 0.6 is 0 Å². The van der Waals surface area contributed by atoms with E-state index in [-0.39, 0.29) is 0 Å². The van der Waals surface area contributed by atoms with E-state index in [4.69, 9.17) is 4.74 Å². The minimum Gasteiger partial charge on any atom is -0.496 e. The van der Waals surface area contributed by atoms with Crippen LogP contribution in [0.15, 0.2) is 12.1 Å². The average Bonchev–Trinajstić information content (AvgIpc) is 2.15. The molecule has 3 heteroatoms. The molecule has 0 radical (unpaired) electrons. The van der Waals surface area contributed by atoms with E-state index in [0.717, 1.165) is 5.56 Å². The summed E-state index contributed by atoms with van der Waals surface area (Å²) in [6.07, 6.45) is 0.698. The van der Waals surface area contributed by atoms with Crippen LogP contribution in [0.4, 0.5) is 4.39 Å². The van der Waals surface area contributed by atoms with Crippen molar-refractivity contribution >= 4 is 6.29 Å². The summed E-state index contributed by atoms with van der Waals surface area (Å²) in [5.41, 5.74) is 0.0878. The summed E-state index contributed by atoms with van der Waals surface area (Å²) >= 11 is 0. The number of hydrogen-bond acceptors (Lipinski definition) is 2. The van der Waals surface area contributed by atoms with Crippen LogP contribution < -0.4 is 4.74 Å².